The van der Waals surface area contributed by atoms with Crippen LogP contribution in [0, 0.1) is 11.3 Å². The summed E-state index contributed by atoms with van der Waals surface area (Å²) in [7, 11) is 0. The molecule has 2 heterocycles. The lowest BCUT2D eigenvalue weighted by atomic mass is 10.0. The maximum atomic E-state index is 12.4. The minimum absolute atomic E-state index is 0.00607. The van der Waals surface area contributed by atoms with Crippen molar-refractivity contribution in [3.05, 3.63) is 65.7 Å². The van der Waals surface area contributed by atoms with Gasteiger partial charge in [-0.2, -0.15) is 5.26 Å². The highest BCUT2D eigenvalue weighted by Crippen LogP contribution is 2.32. The van der Waals surface area contributed by atoms with E-state index in [2.05, 4.69) is 22.2 Å². The zero-order valence-corrected chi connectivity index (χ0v) is 15.3. The molecule has 0 fully saturated rings. The maximum Gasteiger partial charge on any atom is 0.333 e. The number of fused-ring (bicyclic) bond motifs is 3. The Labute approximate surface area is 162 Å². The van der Waals surface area contributed by atoms with Gasteiger partial charge in [0.15, 0.2) is 0 Å². The molecule has 1 aromatic heterocycles. The molecule has 0 unspecified atom stereocenters. The molecule has 0 bridgehead atoms. The zero-order valence-electron chi connectivity index (χ0n) is 15.3. The van der Waals surface area contributed by atoms with Crippen LogP contribution in [0.15, 0.2) is 60.1 Å². The molecule has 2 aromatic rings. The number of esters is 1. The summed E-state index contributed by atoms with van der Waals surface area (Å²) in [6.45, 7) is 5.10. The first-order valence-corrected chi connectivity index (χ1v) is 8.58. The largest absolute Gasteiger partial charge is 0.460 e. The Morgan fingerprint density at radius 3 is 2.89 bits per heavy atom. The van der Waals surface area contributed by atoms with Gasteiger partial charge in [0, 0.05) is 23.4 Å². The van der Waals surface area contributed by atoms with Crippen molar-refractivity contribution < 1.29 is 14.3 Å². The molecule has 1 amide bonds. The van der Waals surface area contributed by atoms with E-state index in [0.717, 1.165) is 22.0 Å². The van der Waals surface area contributed by atoms with Crippen LogP contribution in [0.1, 0.15) is 12.5 Å². The van der Waals surface area contributed by atoms with Gasteiger partial charge in [0.25, 0.3) is 5.91 Å². The number of carbonyl (C=O) groups is 2. The fraction of sp³-hybridized carbons (Fsp3) is 0.143. The van der Waals surface area contributed by atoms with Crippen molar-refractivity contribution in [1.82, 2.24) is 10.3 Å². The Bertz CT molecular complexity index is 1080. The summed E-state index contributed by atoms with van der Waals surface area (Å²) in [5, 5.41) is 17.1. The normalized spacial score (nSPS) is 13.7. The Balaban J connectivity index is 1.76. The van der Waals surface area contributed by atoms with Gasteiger partial charge in [0.05, 0.1) is 17.9 Å². The van der Waals surface area contributed by atoms with E-state index in [1.165, 1.54) is 6.92 Å². The van der Waals surface area contributed by atoms with Gasteiger partial charge in [-0.25, -0.2) is 4.79 Å². The van der Waals surface area contributed by atoms with E-state index >= 15 is 0 Å². The molecule has 28 heavy (non-hydrogen) atoms. The Hall–Kier alpha value is -3.92. The minimum atomic E-state index is -0.553. The first-order chi connectivity index (χ1) is 13.5. The van der Waals surface area contributed by atoms with Gasteiger partial charge < -0.3 is 15.4 Å². The summed E-state index contributed by atoms with van der Waals surface area (Å²) >= 11 is 0. The number of hydrogen-bond acceptors (Lipinski definition) is 6. The molecular formula is C21H18N4O3. The molecule has 0 saturated carbocycles. The number of pyridine rings is 1. The number of anilines is 1. The van der Waals surface area contributed by atoms with Crippen molar-refractivity contribution in [1.29, 1.82) is 5.26 Å². The molecule has 3 rings (SSSR count). The number of hydrogen-bond donors (Lipinski definition) is 2. The van der Waals surface area contributed by atoms with Gasteiger partial charge in [-0.05, 0) is 30.0 Å². The average molecular weight is 374 g/mol. The van der Waals surface area contributed by atoms with Gasteiger partial charge in [0.2, 0.25) is 0 Å². The molecule has 0 aliphatic carbocycles. The van der Waals surface area contributed by atoms with E-state index in [-0.39, 0.29) is 24.3 Å². The van der Waals surface area contributed by atoms with E-state index in [0.29, 0.717) is 5.70 Å². The third-order valence-electron chi connectivity index (χ3n) is 4.12. The van der Waals surface area contributed by atoms with Gasteiger partial charge in [-0.15, -0.1) is 0 Å². The highest BCUT2D eigenvalue weighted by molar-refractivity contribution is 6.03. The number of nitrogens with one attached hydrogen (secondary N) is 2. The van der Waals surface area contributed by atoms with Gasteiger partial charge in [-0.3, -0.25) is 9.78 Å². The van der Waals surface area contributed by atoms with Crippen LogP contribution in [0.4, 0.5) is 5.69 Å². The molecule has 2 N–H and O–H groups in total. The van der Waals surface area contributed by atoms with Crippen molar-refractivity contribution >= 4 is 34.4 Å². The molecule has 7 heteroatoms. The highest BCUT2D eigenvalue weighted by Gasteiger charge is 2.18. The standard InChI is InChI=1S/C21H18N4O3/c1-13(2)21(27)28-10-9-24-20(26)16(11-22)18-6-5-15-4-3-14-7-8-23-12-17(14)19(15)25-18/h3-8,12,25H,1,9-10H2,2H3,(H,24,26)/b18-16-. The molecule has 1 aliphatic rings. The van der Waals surface area contributed by atoms with Crippen LogP contribution in [0.2, 0.25) is 0 Å². The first kappa shape index (κ1) is 18.9. The Morgan fingerprint density at radius 2 is 2.14 bits per heavy atom. The predicted molar refractivity (Wildman–Crippen MR) is 106 cm³/mol. The second kappa shape index (κ2) is 8.18. The van der Waals surface area contributed by atoms with Crippen LogP contribution in [-0.2, 0) is 14.3 Å². The number of allylic oxidation sites excluding steroid dienone is 1. The number of aromatic nitrogens is 1. The molecule has 140 valence electrons. The van der Waals surface area contributed by atoms with Crippen molar-refractivity contribution in [3.8, 4) is 6.07 Å². The summed E-state index contributed by atoms with van der Waals surface area (Å²) in [6.07, 6.45) is 6.97. The van der Waals surface area contributed by atoms with E-state index in [9.17, 15) is 14.9 Å². The summed E-state index contributed by atoms with van der Waals surface area (Å²) in [5.74, 6) is -1.08. The SMILES string of the molecule is C=C(C)C(=O)OCCNC(=O)/C(C#N)=C1/C=Cc2ccc3ccncc3c2N1. The number of ether oxygens (including phenoxy) is 1. The van der Waals surface area contributed by atoms with Gasteiger partial charge in [-0.1, -0.05) is 24.8 Å². The summed E-state index contributed by atoms with van der Waals surface area (Å²) in [4.78, 5) is 27.9. The lowest BCUT2D eigenvalue weighted by Crippen LogP contribution is -2.30. The lowest BCUT2D eigenvalue weighted by molar-refractivity contribution is -0.139. The third-order valence-corrected chi connectivity index (χ3v) is 4.12. The van der Waals surface area contributed by atoms with Gasteiger partial charge in [0.1, 0.15) is 18.2 Å². The van der Waals surface area contributed by atoms with Gasteiger partial charge >= 0.3 is 5.97 Å². The predicted octanol–water partition coefficient (Wildman–Crippen LogP) is 2.69. The Morgan fingerprint density at radius 1 is 1.32 bits per heavy atom. The first-order valence-electron chi connectivity index (χ1n) is 8.58. The summed E-state index contributed by atoms with van der Waals surface area (Å²) in [5.41, 5.74) is 2.34. The van der Waals surface area contributed by atoms with E-state index in [4.69, 9.17) is 4.74 Å². The van der Waals surface area contributed by atoms with Crippen LogP contribution < -0.4 is 10.6 Å². The van der Waals surface area contributed by atoms with Crippen LogP contribution in [-0.4, -0.2) is 30.0 Å². The second-order valence-electron chi connectivity index (χ2n) is 6.16. The quantitative estimate of drug-likeness (QED) is 0.361. The highest BCUT2D eigenvalue weighted by atomic mass is 16.5. The second-order valence-corrected chi connectivity index (χ2v) is 6.16. The van der Waals surface area contributed by atoms with Crippen LogP contribution in [0.25, 0.3) is 16.8 Å². The number of carbonyl (C=O) groups excluding carboxylic acids is 2. The minimum Gasteiger partial charge on any atom is -0.460 e. The molecule has 0 saturated heterocycles. The topological polar surface area (TPSA) is 104 Å². The van der Waals surface area contributed by atoms with E-state index in [1.54, 1.807) is 18.5 Å². The molecule has 0 spiro atoms. The molecule has 1 aromatic carbocycles. The lowest BCUT2D eigenvalue weighted by Gasteiger charge is -2.19. The van der Waals surface area contributed by atoms with E-state index in [1.807, 2.05) is 30.3 Å². The smallest absolute Gasteiger partial charge is 0.333 e. The van der Waals surface area contributed by atoms with E-state index < -0.39 is 11.9 Å². The monoisotopic (exact) mass is 374 g/mol. The number of benzene rings is 1. The Kier molecular flexibility index (Phi) is 5.51. The molecule has 7 nitrogen and oxygen atoms in total. The van der Waals surface area contributed by atoms with Crippen molar-refractivity contribution in [2.24, 2.45) is 0 Å². The van der Waals surface area contributed by atoms with Crippen LogP contribution >= 0.6 is 0 Å². The molecule has 0 atom stereocenters. The zero-order chi connectivity index (χ0) is 20.1. The van der Waals surface area contributed by atoms with Crippen molar-refractivity contribution in [2.45, 2.75) is 6.92 Å². The van der Waals surface area contributed by atoms with Crippen LogP contribution in [0.5, 0.6) is 0 Å². The van der Waals surface area contributed by atoms with Crippen molar-refractivity contribution in [3.63, 3.8) is 0 Å². The number of amides is 1. The average Bonchev–Trinajstić information content (AvgIpc) is 2.71. The molecule has 0 radical (unpaired) electrons. The fourth-order valence-electron chi connectivity index (χ4n) is 2.70. The van der Waals surface area contributed by atoms with Crippen molar-refractivity contribution in [2.75, 3.05) is 18.5 Å². The third kappa shape index (κ3) is 3.91. The van der Waals surface area contributed by atoms with Crippen LogP contribution in [0.3, 0.4) is 0 Å². The molecule has 1 aliphatic heterocycles. The number of rotatable bonds is 5. The molecular weight excluding hydrogens is 356 g/mol. The summed E-state index contributed by atoms with van der Waals surface area (Å²) in [6, 6.07) is 7.77. The number of nitrogens with zero attached hydrogens (tertiary/aromatic N) is 2. The fourth-order valence-corrected chi connectivity index (χ4v) is 2.70. The number of nitriles is 1. The maximum absolute atomic E-state index is 12.4. The summed E-state index contributed by atoms with van der Waals surface area (Å²) < 4.78 is 4.92.